The minimum Gasteiger partial charge on any atom is -0.497 e. The van der Waals surface area contributed by atoms with E-state index < -0.39 is 5.54 Å². The topological polar surface area (TPSA) is 89.9 Å². The fourth-order valence-electron chi connectivity index (χ4n) is 5.65. The second-order valence-corrected chi connectivity index (χ2v) is 10.7. The first kappa shape index (κ1) is 31.7. The quantitative estimate of drug-likeness (QED) is 0.235. The van der Waals surface area contributed by atoms with Gasteiger partial charge in [-0.3, -0.25) is 19.0 Å². The number of amides is 2. The highest BCUT2D eigenvalue weighted by Gasteiger charge is 2.46. The molecule has 8 nitrogen and oxygen atoms in total. The number of hydrogen-bond donors (Lipinski definition) is 1. The molecule has 41 heavy (non-hydrogen) atoms. The van der Waals surface area contributed by atoms with Crippen LogP contribution in [0.2, 0.25) is 0 Å². The molecule has 1 unspecified atom stereocenters. The van der Waals surface area contributed by atoms with Crippen LogP contribution in [-0.2, 0) is 15.1 Å². The van der Waals surface area contributed by atoms with Gasteiger partial charge >= 0.3 is 0 Å². The van der Waals surface area contributed by atoms with Gasteiger partial charge in [0.15, 0.2) is 0 Å². The van der Waals surface area contributed by atoms with Crippen LogP contribution in [0, 0.1) is 6.92 Å². The smallest absolute Gasteiger partial charge is 0.262 e. The summed E-state index contributed by atoms with van der Waals surface area (Å²) in [4.78, 5) is 43.1. The van der Waals surface area contributed by atoms with E-state index in [0.29, 0.717) is 52.2 Å². The number of hydrogen-bond acceptors (Lipinski definition) is 5. The normalized spacial score (nSPS) is 12.6. The van der Waals surface area contributed by atoms with Gasteiger partial charge in [-0.1, -0.05) is 46.0 Å². The number of aromatic nitrogens is 1. The van der Waals surface area contributed by atoms with Gasteiger partial charge in [0.2, 0.25) is 5.91 Å². The van der Waals surface area contributed by atoms with E-state index >= 15 is 0 Å². The predicted molar refractivity (Wildman–Crippen MR) is 163 cm³/mol. The van der Waals surface area contributed by atoms with Crippen molar-refractivity contribution >= 4 is 28.6 Å². The maximum absolute atomic E-state index is 14.5. The molecule has 2 amide bonds. The molecule has 8 heteroatoms. The third-order valence-electron chi connectivity index (χ3n) is 7.73. The van der Waals surface area contributed by atoms with Crippen molar-refractivity contribution in [1.29, 1.82) is 0 Å². The van der Waals surface area contributed by atoms with E-state index in [9.17, 15) is 14.4 Å². The van der Waals surface area contributed by atoms with Crippen LogP contribution in [0.4, 0.5) is 0 Å². The Morgan fingerprint density at radius 3 is 2.12 bits per heavy atom. The molecule has 3 aromatic rings. The lowest BCUT2D eigenvalue weighted by Gasteiger charge is -2.37. The standard InChI is InChI=1S/C33H45N3O5/c1-8-10-12-13-20-33(34-24(4)37,32(39)35(5)21-11-9-2)30-23(3)36(29-19-18-27(41-7)22-28(29)30)31(38)25-14-16-26(40-6)17-15-25/h14-19,22H,8-13,20-21H2,1-7H3,(H,34,37). The van der Waals surface area contributed by atoms with Gasteiger partial charge in [0, 0.05) is 42.7 Å². The molecular weight excluding hydrogens is 518 g/mol. The Morgan fingerprint density at radius 2 is 1.54 bits per heavy atom. The first-order chi connectivity index (χ1) is 19.6. The van der Waals surface area contributed by atoms with Crippen molar-refractivity contribution in [2.75, 3.05) is 27.8 Å². The zero-order valence-electron chi connectivity index (χ0n) is 25.6. The number of fused-ring (bicyclic) bond motifs is 1. The maximum Gasteiger partial charge on any atom is 0.262 e. The molecule has 0 fully saturated rings. The van der Waals surface area contributed by atoms with Crippen LogP contribution in [0.5, 0.6) is 11.5 Å². The second-order valence-electron chi connectivity index (χ2n) is 10.7. The van der Waals surface area contributed by atoms with Crippen LogP contribution in [-0.4, -0.2) is 55.0 Å². The molecule has 0 aliphatic heterocycles. The monoisotopic (exact) mass is 563 g/mol. The van der Waals surface area contributed by atoms with Gasteiger partial charge in [-0.05, 0) is 62.2 Å². The van der Waals surface area contributed by atoms with Gasteiger partial charge in [0.05, 0.1) is 19.7 Å². The van der Waals surface area contributed by atoms with Crippen LogP contribution in [0.15, 0.2) is 42.5 Å². The molecule has 1 heterocycles. The average molecular weight is 564 g/mol. The summed E-state index contributed by atoms with van der Waals surface area (Å²) < 4.78 is 12.5. The molecule has 222 valence electrons. The fraction of sp³-hybridized carbons (Fsp3) is 0.485. The molecule has 3 rings (SSSR count). The van der Waals surface area contributed by atoms with E-state index in [0.717, 1.165) is 38.5 Å². The van der Waals surface area contributed by atoms with Crippen molar-refractivity contribution in [2.45, 2.75) is 78.2 Å². The van der Waals surface area contributed by atoms with E-state index in [1.54, 1.807) is 61.1 Å². The van der Waals surface area contributed by atoms with Crippen molar-refractivity contribution in [3.05, 3.63) is 59.3 Å². The number of benzene rings is 2. The third kappa shape index (κ3) is 6.75. The summed E-state index contributed by atoms with van der Waals surface area (Å²) in [6.45, 7) is 8.08. The van der Waals surface area contributed by atoms with Gasteiger partial charge in [0.25, 0.3) is 11.8 Å². The fourth-order valence-corrected chi connectivity index (χ4v) is 5.65. The zero-order chi connectivity index (χ0) is 30.2. The summed E-state index contributed by atoms with van der Waals surface area (Å²) in [5.74, 6) is 0.531. The number of carbonyl (C=O) groups excluding carboxylic acids is 3. The van der Waals surface area contributed by atoms with E-state index in [2.05, 4.69) is 19.2 Å². The molecule has 0 bridgehead atoms. The molecule has 0 aliphatic carbocycles. The largest absolute Gasteiger partial charge is 0.497 e. The number of unbranched alkanes of at least 4 members (excludes halogenated alkanes) is 4. The molecule has 1 aromatic heterocycles. The summed E-state index contributed by atoms with van der Waals surface area (Å²) in [5.41, 5.74) is 1.00. The molecular formula is C33H45N3O5. The highest BCUT2D eigenvalue weighted by molar-refractivity contribution is 6.07. The lowest BCUT2D eigenvalue weighted by Crippen LogP contribution is -2.56. The Balaban J connectivity index is 2.35. The third-order valence-corrected chi connectivity index (χ3v) is 7.73. The molecule has 0 radical (unpaired) electrons. The summed E-state index contributed by atoms with van der Waals surface area (Å²) in [6, 6.07) is 12.5. The number of rotatable bonds is 14. The molecule has 1 atom stereocenters. The van der Waals surface area contributed by atoms with Crippen LogP contribution < -0.4 is 14.8 Å². The Bertz CT molecular complexity index is 1360. The molecule has 0 aliphatic rings. The Hall–Kier alpha value is -3.81. The predicted octanol–water partition coefficient (Wildman–Crippen LogP) is 6.22. The van der Waals surface area contributed by atoms with E-state index in [-0.39, 0.29) is 17.7 Å². The van der Waals surface area contributed by atoms with Gasteiger partial charge in [-0.25, -0.2) is 0 Å². The van der Waals surface area contributed by atoms with Crippen molar-refractivity contribution in [2.24, 2.45) is 0 Å². The van der Waals surface area contributed by atoms with Crippen LogP contribution >= 0.6 is 0 Å². The van der Waals surface area contributed by atoms with Crippen molar-refractivity contribution < 1.29 is 23.9 Å². The van der Waals surface area contributed by atoms with Gasteiger partial charge in [0.1, 0.15) is 17.0 Å². The first-order valence-electron chi connectivity index (χ1n) is 14.6. The molecule has 1 N–H and O–H groups in total. The maximum atomic E-state index is 14.5. The lowest BCUT2D eigenvalue weighted by atomic mass is 9.81. The molecule has 0 saturated carbocycles. The highest BCUT2D eigenvalue weighted by atomic mass is 16.5. The molecule has 2 aromatic carbocycles. The van der Waals surface area contributed by atoms with E-state index in [1.165, 1.54) is 6.92 Å². The summed E-state index contributed by atoms with van der Waals surface area (Å²) in [5, 5.41) is 3.81. The number of carbonyl (C=O) groups is 3. The van der Waals surface area contributed by atoms with Gasteiger partial charge < -0.3 is 19.7 Å². The molecule has 0 saturated heterocycles. The van der Waals surface area contributed by atoms with Crippen molar-refractivity contribution in [1.82, 2.24) is 14.8 Å². The number of nitrogens with one attached hydrogen (secondary N) is 1. The summed E-state index contributed by atoms with van der Waals surface area (Å²) >= 11 is 0. The Kier molecular flexibility index (Phi) is 11.0. The molecule has 0 spiro atoms. The van der Waals surface area contributed by atoms with Crippen LogP contribution in [0.25, 0.3) is 10.9 Å². The van der Waals surface area contributed by atoms with Crippen LogP contribution in [0.3, 0.4) is 0 Å². The van der Waals surface area contributed by atoms with E-state index in [4.69, 9.17) is 9.47 Å². The van der Waals surface area contributed by atoms with Crippen LogP contribution in [0.1, 0.15) is 87.3 Å². The number of nitrogens with zero attached hydrogens (tertiary/aromatic N) is 2. The number of ether oxygens (including phenoxy) is 2. The Labute approximate surface area is 244 Å². The minimum atomic E-state index is -1.36. The first-order valence-corrected chi connectivity index (χ1v) is 14.6. The number of methoxy groups -OCH3 is 2. The average Bonchev–Trinajstić information content (AvgIpc) is 3.27. The van der Waals surface area contributed by atoms with Gasteiger partial charge in [-0.2, -0.15) is 0 Å². The number of likely N-dealkylation sites (N-methyl/N-ethyl adjacent to an activating group) is 1. The zero-order valence-corrected chi connectivity index (χ0v) is 25.6. The van der Waals surface area contributed by atoms with Crippen molar-refractivity contribution in [3.63, 3.8) is 0 Å². The highest BCUT2D eigenvalue weighted by Crippen LogP contribution is 2.41. The van der Waals surface area contributed by atoms with Crippen molar-refractivity contribution in [3.8, 4) is 11.5 Å². The Morgan fingerprint density at radius 1 is 0.902 bits per heavy atom. The lowest BCUT2D eigenvalue weighted by molar-refractivity contribution is -0.141. The second kappa shape index (κ2) is 14.2. The van der Waals surface area contributed by atoms with Gasteiger partial charge in [-0.15, -0.1) is 0 Å². The summed E-state index contributed by atoms with van der Waals surface area (Å²) in [7, 11) is 4.96. The van der Waals surface area contributed by atoms with E-state index in [1.807, 2.05) is 19.1 Å². The minimum absolute atomic E-state index is 0.181. The summed E-state index contributed by atoms with van der Waals surface area (Å²) in [6.07, 6.45) is 5.94. The SMILES string of the molecule is CCCCCCC(NC(C)=O)(C(=O)N(C)CCCC)c1c(C)n(C(=O)c2ccc(OC)cc2)c2ccc(OC)cc12.